The van der Waals surface area contributed by atoms with E-state index in [-0.39, 0.29) is 11.6 Å². The molecular formula is C13H14F3NO2. The van der Waals surface area contributed by atoms with Gasteiger partial charge in [0.1, 0.15) is 6.04 Å². The third kappa shape index (κ3) is 2.52. The smallest absolute Gasteiger partial charge is 0.418 e. The number of benzene rings is 1. The summed E-state index contributed by atoms with van der Waals surface area (Å²) in [6, 6.07) is 4.21. The topological polar surface area (TPSA) is 40.5 Å². The Balaban J connectivity index is 2.45. The third-order valence-corrected chi connectivity index (χ3v) is 3.47. The first-order valence-electron chi connectivity index (χ1n) is 5.98. The van der Waals surface area contributed by atoms with Gasteiger partial charge in [0.25, 0.3) is 0 Å². The second kappa shape index (κ2) is 4.75. The number of nitrogens with zero attached hydrogens (tertiary/aromatic N) is 1. The summed E-state index contributed by atoms with van der Waals surface area (Å²) in [5.41, 5.74) is -0.831. The predicted molar refractivity (Wildman–Crippen MR) is 64.0 cm³/mol. The predicted octanol–water partition coefficient (Wildman–Crippen LogP) is 3.00. The van der Waals surface area contributed by atoms with Crippen molar-refractivity contribution in [3.8, 4) is 0 Å². The maximum Gasteiger partial charge on any atom is 0.418 e. The number of anilines is 1. The van der Waals surface area contributed by atoms with Gasteiger partial charge in [-0.15, -0.1) is 0 Å². The van der Waals surface area contributed by atoms with Crippen LogP contribution < -0.4 is 4.90 Å². The van der Waals surface area contributed by atoms with Crippen molar-refractivity contribution in [1.29, 1.82) is 0 Å². The molecule has 3 nitrogen and oxygen atoms in total. The number of hydrogen-bond acceptors (Lipinski definition) is 2. The normalized spacial score (nSPS) is 23.7. The quantitative estimate of drug-likeness (QED) is 0.900. The molecule has 1 aliphatic rings. The number of rotatable bonds is 2. The molecule has 6 heteroatoms. The molecule has 1 aliphatic heterocycles. The summed E-state index contributed by atoms with van der Waals surface area (Å²) in [6.45, 7) is 2.07. The van der Waals surface area contributed by atoms with Gasteiger partial charge in [-0.1, -0.05) is 19.1 Å². The van der Waals surface area contributed by atoms with E-state index >= 15 is 0 Å². The summed E-state index contributed by atoms with van der Waals surface area (Å²) in [5.74, 6) is -1.25. The summed E-state index contributed by atoms with van der Waals surface area (Å²) in [6.07, 6.45) is -3.91. The minimum Gasteiger partial charge on any atom is -0.480 e. The second-order valence-corrected chi connectivity index (χ2v) is 4.76. The highest BCUT2D eigenvalue weighted by Crippen LogP contribution is 2.39. The van der Waals surface area contributed by atoms with E-state index in [0.29, 0.717) is 13.0 Å². The van der Waals surface area contributed by atoms with Crippen molar-refractivity contribution in [2.75, 3.05) is 11.4 Å². The maximum absolute atomic E-state index is 13.0. The molecule has 1 N–H and O–H groups in total. The van der Waals surface area contributed by atoms with E-state index in [0.717, 1.165) is 6.07 Å². The van der Waals surface area contributed by atoms with Gasteiger partial charge in [-0.3, -0.25) is 0 Å². The average Bonchev–Trinajstić information content (AvgIpc) is 2.70. The van der Waals surface area contributed by atoms with E-state index in [9.17, 15) is 23.1 Å². The molecule has 2 rings (SSSR count). The molecule has 0 bridgehead atoms. The summed E-state index contributed by atoms with van der Waals surface area (Å²) in [5, 5.41) is 9.19. The van der Waals surface area contributed by atoms with Crippen LogP contribution in [0.15, 0.2) is 24.3 Å². The number of alkyl halides is 3. The van der Waals surface area contributed by atoms with Gasteiger partial charge in [-0.05, 0) is 24.5 Å². The first-order valence-corrected chi connectivity index (χ1v) is 5.98. The summed E-state index contributed by atoms with van der Waals surface area (Å²) in [4.78, 5) is 12.6. The van der Waals surface area contributed by atoms with E-state index in [1.807, 2.05) is 0 Å². The van der Waals surface area contributed by atoms with Crippen LogP contribution in [0.4, 0.5) is 18.9 Å². The van der Waals surface area contributed by atoms with Crippen LogP contribution in [0.3, 0.4) is 0 Å². The number of halogens is 3. The van der Waals surface area contributed by atoms with E-state index in [1.165, 1.54) is 23.1 Å². The minimum absolute atomic E-state index is 0.0493. The highest BCUT2D eigenvalue weighted by Gasteiger charge is 2.41. The largest absolute Gasteiger partial charge is 0.480 e. The zero-order valence-electron chi connectivity index (χ0n) is 10.3. The van der Waals surface area contributed by atoms with Gasteiger partial charge in [-0.2, -0.15) is 13.2 Å². The molecule has 2 atom stereocenters. The molecule has 0 saturated carbocycles. The number of para-hydroxylation sites is 1. The molecule has 1 saturated heterocycles. The Bertz CT molecular complexity index is 487. The van der Waals surface area contributed by atoms with E-state index < -0.39 is 23.8 Å². The Labute approximate surface area is 108 Å². The molecular weight excluding hydrogens is 259 g/mol. The Morgan fingerprint density at radius 3 is 2.58 bits per heavy atom. The fraction of sp³-hybridized carbons (Fsp3) is 0.462. The lowest BCUT2D eigenvalue weighted by atomic mass is 10.0. The maximum atomic E-state index is 13.0. The van der Waals surface area contributed by atoms with Gasteiger partial charge in [0, 0.05) is 12.2 Å². The molecule has 2 unspecified atom stereocenters. The average molecular weight is 273 g/mol. The summed E-state index contributed by atoms with van der Waals surface area (Å²) >= 11 is 0. The summed E-state index contributed by atoms with van der Waals surface area (Å²) < 4.78 is 38.9. The highest BCUT2D eigenvalue weighted by molar-refractivity contribution is 5.80. The lowest BCUT2D eigenvalue weighted by Crippen LogP contribution is -2.40. The van der Waals surface area contributed by atoms with Crippen LogP contribution in [0, 0.1) is 5.92 Å². The van der Waals surface area contributed by atoms with Crippen LogP contribution in [0.25, 0.3) is 0 Å². The zero-order chi connectivity index (χ0) is 14.2. The van der Waals surface area contributed by atoms with Crippen molar-refractivity contribution in [1.82, 2.24) is 0 Å². The number of aliphatic carboxylic acids is 1. The molecule has 1 aromatic rings. The first kappa shape index (κ1) is 13.7. The van der Waals surface area contributed by atoms with Crippen molar-refractivity contribution < 1.29 is 23.1 Å². The monoisotopic (exact) mass is 273 g/mol. The van der Waals surface area contributed by atoms with Gasteiger partial charge >= 0.3 is 12.1 Å². The van der Waals surface area contributed by atoms with Crippen molar-refractivity contribution in [2.24, 2.45) is 5.92 Å². The fourth-order valence-corrected chi connectivity index (χ4v) is 2.56. The number of carboxylic acids is 1. The Morgan fingerprint density at radius 2 is 2.00 bits per heavy atom. The van der Waals surface area contributed by atoms with Crippen LogP contribution in [-0.2, 0) is 11.0 Å². The minimum atomic E-state index is -4.48. The van der Waals surface area contributed by atoms with Crippen LogP contribution in [0.5, 0.6) is 0 Å². The molecule has 19 heavy (non-hydrogen) atoms. The van der Waals surface area contributed by atoms with Gasteiger partial charge in [0.05, 0.1) is 5.56 Å². The number of carboxylic acid groups (broad SMARTS) is 1. The van der Waals surface area contributed by atoms with Crippen LogP contribution >= 0.6 is 0 Å². The molecule has 1 heterocycles. The molecule has 0 aromatic heterocycles. The molecule has 0 aliphatic carbocycles. The molecule has 1 fully saturated rings. The fourth-order valence-electron chi connectivity index (χ4n) is 2.56. The Kier molecular flexibility index (Phi) is 3.43. The standard InChI is InChI=1S/C13H14F3NO2/c1-8-6-7-17(11(8)12(18)19)10-5-3-2-4-9(10)13(14,15)16/h2-5,8,11H,6-7H2,1H3,(H,18,19). The molecule has 0 radical (unpaired) electrons. The first-order chi connectivity index (χ1) is 8.82. The SMILES string of the molecule is CC1CCN(c2ccccc2C(F)(F)F)C1C(=O)O. The van der Waals surface area contributed by atoms with Gasteiger partial charge in [-0.25, -0.2) is 4.79 Å². The highest BCUT2D eigenvalue weighted by atomic mass is 19.4. The molecule has 1 aromatic carbocycles. The van der Waals surface area contributed by atoms with Crippen LogP contribution in [-0.4, -0.2) is 23.7 Å². The van der Waals surface area contributed by atoms with Crippen molar-refractivity contribution >= 4 is 11.7 Å². The Hall–Kier alpha value is -1.72. The van der Waals surface area contributed by atoms with Crippen molar-refractivity contribution in [2.45, 2.75) is 25.6 Å². The number of carbonyl (C=O) groups is 1. The van der Waals surface area contributed by atoms with Crippen molar-refractivity contribution in [3.63, 3.8) is 0 Å². The number of hydrogen-bond donors (Lipinski definition) is 1. The van der Waals surface area contributed by atoms with E-state index in [1.54, 1.807) is 6.92 Å². The molecule has 104 valence electrons. The summed E-state index contributed by atoms with van der Waals surface area (Å²) in [7, 11) is 0. The zero-order valence-corrected chi connectivity index (χ0v) is 10.3. The molecule has 0 spiro atoms. The van der Waals surface area contributed by atoms with Crippen LogP contribution in [0.2, 0.25) is 0 Å². The third-order valence-electron chi connectivity index (χ3n) is 3.47. The molecule has 0 amide bonds. The second-order valence-electron chi connectivity index (χ2n) is 4.76. The van der Waals surface area contributed by atoms with Gasteiger partial charge in [0.2, 0.25) is 0 Å². The van der Waals surface area contributed by atoms with Gasteiger partial charge < -0.3 is 10.0 Å². The van der Waals surface area contributed by atoms with E-state index in [2.05, 4.69) is 0 Å². The van der Waals surface area contributed by atoms with E-state index in [4.69, 9.17) is 0 Å². The van der Waals surface area contributed by atoms with Crippen molar-refractivity contribution in [3.05, 3.63) is 29.8 Å². The van der Waals surface area contributed by atoms with Gasteiger partial charge in [0.15, 0.2) is 0 Å². The Morgan fingerprint density at radius 1 is 1.37 bits per heavy atom. The lowest BCUT2D eigenvalue weighted by molar-refractivity contribution is -0.140. The lowest BCUT2D eigenvalue weighted by Gasteiger charge is -2.28. The van der Waals surface area contributed by atoms with Crippen LogP contribution in [0.1, 0.15) is 18.9 Å².